The van der Waals surface area contributed by atoms with Gasteiger partial charge in [-0.15, -0.1) is 0 Å². The average Bonchev–Trinajstić information content (AvgIpc) is 2.69. The second-order valence-corrected chi connectivity index (χ2v) is 6.41. The summed E-state index contributed by atoms with van der Waals surface area (Å²) >= 11 is 0. The molecule has 0 atom stereocenters. The van der Waals surface area contributed by atoms with Crippen molar-refractivity contribution in [3.05, 3.63) is 77.6 Å². The van der Waals surface area contributed by atoms with Gasteiger partial charge in [0.2, 0.25) is 0 Å². The Morgan fingerprint density at radius 2 is 1.65 bits per heavy atom. The molecule has 2 N–H and O–H groups in total. The number of pyridine rings is 1. The van der Waals surface area contributed by atoms with Crippen molar-refractivity contribution in [2.45, 2.75) is 13.0 Å². The maximum absolute atomic E-state index is 12.9. The number of fused-ring (bicyclic) bond motifs is 1. The van der Waals surface area contributed by atoms with Gasteiger partial charge in [-0.2, -0.15) is 0 Å². The van der Waals surface area contributed by atoms with Crippen LogP contribution in [0.3, 0.4) is 0 Å². The molecule has 1 aliphatic heterocycles. The second-order valence-electron chi connectivity index (χ2n) is 6.41. The summed E-state index contributed by atoms with van der Waals surface area (Å²) in [4.78, 5) is 18.9. The molecule has 0 bridgehead atoms. The lowest BCUT2D eigenvalue weighted by molar-refractivity contribution is 0.0734. The molecule has 0 saturated heterocycles. The number of hydrogen-bond donors (Lipinski definition) is 2. The van der Waals surface area contributed by atoms with Gasteiger partial charge in [0, 0.05) is 31.0 Å². The van der Waals surface area contributed by atoms with Crippen LogP contribution in [0.25, 0.3) is 11.1 Å². The molecule has 0 saturated carbocycles. The van der Waals surface area contributed by atoms with E-state index in [1.165, 1.54) is 6.07 Å². The average molecular weight is 346 g/mol. The lowest BCUT2D eigenvalue weighted by atomic mass is 9.98. The maximum Gasteiger partial charge on any atom is 0.255 e. The largest absolute Gasteiger partial charge is 0.504 e. The summed E-state index contributed by atoms with van der Waals surface area (Å²) in [6.07, 6.45) is 3.97. The fourth-order valence-electron chi connectivity index (χ4n) is 3.28. The minimum absolute atomic E-state index is 0.0894. The highest BCUT2D eigenvalue weighted by Crippen LogP contribution is 2.32. The molecule has 26 heavy (non-hydrogen) atoms. The molecule has 0 spiro atoms. The number of nitrogens with zero attached hydrogens (tertiary/aromatic N) is 2. The van der Waals surface area contributed by atoms with E-state index < -0.39 is 0 Å². The van der Waals surface area contributed by atoms with Crippen LogP contribution in [0, 0.1) is 0 Å². The zero-order valence-corrected chi connectivity index (χ0v) is 14.1. The zero-order valence-electron chi connectivity index (χ0n) is 14.1. The van der Waals surface area contributed by atoms with Gasteiger partial charge in [0.25, 0.3) is 5.91 Å². The summed E-state index contributed by atoms with van der Waals surface area (Å²) in [6.45, 7) is 0.961. The summed E-state index contributed by atoms with van der Waals surface area (Å²) in [7, 11) is 0. The molecule has 4 rings (SSSR count). The number of amides is 1. The van der Waals surface area contributed by atoms with Gasteiger partial charge < -0.3 is 15.1 Å². The minimum Gasteiger partial charge on any atom is -0.504 e. The molecule has 5 heteroatoms. The summed E-state index contributed by atoms with van der Waals surface area (Å²) in [5.74, 6) is -0.373. The Morgan fingerprint density at radius 1 is 0.923 bits per heavy atom. The van der Waals surface area contributed by atoms with Crippen molar-refractivity contribution in [2.75, 3.05) is 6.54 Å². The van der Waals surface area contributed by atoms with Crippen LogP contribution in [0.15, 0.2) is 60.9 Å². The van der Waals surface area contributed by atoms with Crippen molar-refractivity contribution in [3.8, 4) is 22.6 Å². The third-order valence-electron chi connectivity index (χ3n) is 4.69. The number of aromatic nitrogens is 1. The van der Waals surface area contributed by atoms with E-state index in [-0.39, 0.29) is 17.4 Å². The number of rotatable bonds is 2. The summed E-state index contributed by atoms with van der Waals surface area (Å²) in [5.41, 5.74) is 4.26. The number of carbonyl (C=O) groups excluding carboxylic acids is 1. The van der Waals surface area contributed by atoms with Gasteiger partial charge in [0.05, 0.1) is 5.56 Å². The first-order chi connectivity index (χ1) is 12.6. The van der Waals surface area contributed by atoms with E-state index in [2.05, 4.69) is 4.98 Å². The Balaban J connectivity index is 1.60. The van der Waals surface area contributed by atoms with Gasteiger partial charge in [-0.25, -0.2) is 0 Å². The van der Waals surface area contributed by atoms with Crippen molar-refractivity contribution in [3.63, 3.8) is 0 Å². The Labute approximate surface area is 151 Å². The first kappa shape index (κ1) is 16.1. The van der Waals surface area contributed by atoms with Gasteiger partial charge in [0.15, 0.2) is 11.5 Å². The van der Waals surface area contributed by atoms with E-state index in [1.54, 1.807) is 23.4 Å². The van der Waals surface area contributed by atoms with Crippen molar-refractivity contribution >= 4 is 5.91 Å². The van der Waals surface area contributed by atoms with Crippen LogP contribution in [0.2, 0.25) is 0 Å². The van der Waals surface area contributed by atoms with Crippen LogP contribution in [0.4, 0.5) is 0 Å². The third-order valence-corrected chi connectivity index (χ3v) is 4.69. The molecule has 1 aromatic heterocycles. The predicted octanol–water partition coefficient (Wildman–Crippen LogP) is 3.36. The summed E-state index contributed by atoms with van der Waals surface area (Å²) < 4.78 is 0. The number of benzene rings is 2. The van der Waals surface area contributed by atoms with Crippen LogP contribution in [0.1, 0.15) is 21.5 Å². The van der Waals surface area contributed by atoms with Crippen molar-refractivity contribution in [1.29, 1.82) is 0 Å². The Morgan fingerprint density at radius 3 is 2.42 bits per heavy atom. The predicted molar refractivity (Wildman–Crippen MR) is 97.9 cm³/mol. The molecule has 5 nitrogen and oxygen atoms in total. The van der Waals surface area contributed by atoms with Crippen LogP contribution < -0.4 is 0 Å². The first-order valence-electron chi connectivity index (χ1n) is 8.45. The van der Waals surface area contributed by atoms with E-state index in [0.717, 1.165) is 22.3 Å². The molecule has 0 radical (unpaired) electrons. The standard InChI is InChI=1S/C21H18N2O3/c24-19-9-15-6-7-23(13-18(15)10-20(19)25)21(26)17-8-16(11-22-12-17)14-4-2-1-3-5-14/h1-5,8-12,24-25H,6-7,13H2. The number of phenols is 2. The molecule has 2 aromatic carbocycles. The van der Waals surface area contributed by atoms with E-state index in [0.29, 0.717) is 25.1 Å². The van der Waals surface area contributed by atoms with Crippen LogP contribution in [-0.4, -0.2) is 32.5 Å². The number of aromatic hydroxyl groups is 2. The van der Waals surface area contributed by atoms with Gasteiger partial charge in [0.1, 0.15) is 0 Å². The van der Waals surface area contributed by atoms with Gasteiger partial charge in [-0.3, -0.25) is 9.78 Å². The van der Waals surface area contributed by atoms with E-state index in [4.69, 9.17) is 0 Å². The Bertz CT molecular complexity index is 970. The van der Waals surface area contributed by atoms with E-state index in [9.17, 15) is 15.0 Å². The lowest BCUT2D eigenvalue weighted by Gasteiger charge is -2.29. The molecule has 2 heterocycles. The van der Waals surface area contributed by atoms with Gasteiger partial charge in [-0.1, -0.05) is 30.3 Å². The molecule has 0 fully saturated rings. The fourth-order valence-corrected chi connectivity index (χ4v) is 3.28. The van der Waals surface area contributed by atoms with E-state index >= 15 is 0 Å². The molecule has 1 aliphatic rings. The van der Waals surface area contributed by atoms with Crippen LogP contribution in [0.5, 0.6) is 11.5 Å². The van der Waals surface area contributed by atoms with Crippen molar-refractivity contribution in [1.82, 2.24) is 9.88 Å². The molecular weight excluding hydrogens is 328 g/mol. The molecule has 130 valence electrons. The smallest absolute Gasteiger partial charge is 0.255 e. The van der Waals surface area contributed by atoms with Gasteiger partial charge in [-0.05, 0) is 41.3 Å². The Hall–Kier alpha value is -3.34. The number of phenolic OH excluding ortho intramolecular Hbond substituents is 2. The lowest BCUT2D eigenvalue weighted by Crippen LogP contribution is -2.36. The molecule has 0 aliphatic carbocycles. The van der Waals surface area contributed by atoms with Crippen molar-refractivity contribution < 1.29 is 15.0 Å². The second kappa shape index (κ2) is 6.52. The SMILES string of the molecule is O=C(c1cncc(-c2ccccc2)c1)N1CCc2cc(O)c(O)cc2C1. The molecular formula is C21H18N2O3. The van der Waals surface area contributed by atoms with Crippen LogP contribution >= 0.6 is 0 Å². The highest BCUT2D eigenvalue weighted by molar-refractivity contribution is 5.95. The molecule has 3 aromatic rings. The molecule has 0 unspecified atom stereocenters. The topological polar surface area (TPSA) is 73.7 Å². The highest BCUT2D eigenvalue weighted by atomic mass is 16.3. The third kappa shape index (κ3) is 2.99. The van der Waals surface area contributed by atoms with E-state index in [1.807, 2.05) is 36.4 Å². The summed E-state index contributed by atoms with van der Waals surface area (Å²) in [6, 6.07) is 14.8. The molecule has 1 amide bonds. The number of carbonyl (C=O) groups is 1. The first-order valence-corrected chi connectivity index (χ1v) is 8.45. The zero-order chi connectivity index (χ0) is 18.1. The number of hydrogen-bond acceptors (Lipinski definition) is 4. The highest BCUT2D eigenvalue weighted by Gasteiger charge is 2.23. The monoisotopic (exact) mass is 346 g/mol. The van der Waals surface area contributed by atoms with Gasteiger partial charge >= 0.3 is 0 Å². The fraction of sp³-hybridized carbons (Fsp3) is 0.143. The normalized spacial score (nSPS) is 13.3. The maximum atomic E-state index is 12.9. The minimum atomic E-state index is -0.161. The summed E-state index contributed by atoms with van der Waals surface area (Å²) in [5, 5.41) is 19.3. The quantitative estimate of drug-likeness (QED) is 0.698. The Kier molecular flexibility index (Phi) is 4.05. The van der Waals surface area contributed by atoms with Crippen molar-refractivity contribution in [2.24, 2.45) is 0 Å². The van der Waals surface area contributed by atoms with Crippen LogP contribution in [-0.2, 0) is 13.0 Å².